The molecule has 1 saturated heterocycles. The smallest absolute Gasteiger partial charge is 0.335 e. The molecule has 4 rings (SSSR count). The van der Waals surface area contributed by atoms with E-state index in [1.54, 1.807) is 16.5 Å². The van der Waals surface area contributed by atoms with Crippen molar-refractivity contribution in [3.8, 4) is 0 Å². The van der Waals surface area contributed by atoms with Crippen molar-refractivity contribution >= 4 is 22.8 Å². The first-order valence-electron chi connectivity index (χ1n) is 10.8. The monoisotopic (exact) mass is 432 g/mol. The van der Waals surface area contributed by atoms with Gasteiger partial charge in [-0.25, -0.2) is 9.59 Å². The summed E-state index contributed by atoms with van der Waals surface area (Å²) in [6.45, 7) is 7.07. The lowest BCUT2D eigenvalue weighted by Crippen LogP contribution is -2.47. The van der Waals surface area contributed by atoms with Crippen molar-refractivity contribution in [2.75, 3.05) is 13.6 Å². The predicted molar refractivity (Wildman–Crippen MR) is 116 cm³/mol. The summed E-state index contributed by atoms with van der Waals surface area (Å²) in [5, 5.41) is 34.1. The molecule has 0 bridgehead atoms. The van der Waals surface area contributed by atoms with Gasteiger partial charge in [-0.05, 0) is 49.4 Å². The molecule has 1 aliphatic carbocycles. The Kier molecular flexibility index (Phi) is 7.03. The molecular formula is C23H32N2O6. The number of carboxylic acid groups (broad SMARTS) is 2. The van der Waals surface area contributed by atoms with E-state index in [9.17, 15) is 9.59 Å². The summed E-state index contributed by atoms with van der Waals surface area (Å²) in [4.78, 5) is 22.2. The molecule has 8 heteroatoms. The molecule has 2 aliphatic rings. The summed E-state index contributed by atoms with van der Waals surface area (Å²) in [5.41, 5.74) is 4.66. The molecule has 1 fully saturated rings. The highest BCUT2D eigenvalue weighted by Gasteiger charge is 2.38. The minimum Gasteiger partial charge on any atom is -0.479 e. The van der Waals surface area contributed by atoms with Gasteiger partial charge in [-0.3, -0.25) is 0 Å². The molecule has 0 saturated carbocycles. The van der Waals surface area contributed by atoms with Crippen molar-refractivity contribution < 1.29 is 30.0 Å². The largest absolute Gasteiger partial charge is 0.479 e. The van der Waals surface area contributed by atoms with Crippen molar-refractivity contribution in [1.82, 2.24) is 9.47 Å². The van der Waals surface area contributed by atoms with Crippen LogP contribution < -0.4 is 0 Å². The summed E-state index contributed by atoms with van der Waals surface area (Å²) in [7, 11) is 2.32. The van der Waals surface area contributed by atoms with Gasteiger partial charge in [0.2, 0.25) is 0 Å². The number of carbonyl (C=O) groups is 2. The summed E-state index contributed by atoms with van der Waals surface area (Å²) >= 11 is 0. The van der Waals surface area contributed by atoms with E-state index in [-0.39, 0.29) is 0 Å². The second-order valence-corrected chi connectivity index (χ2v) is 8.81. The van der Waals surface area contributed by atoms with Gasteiger partial charge in [-0.1, -0.05) is 26.0 Å². The number of hydrogen-bond donors (Lipinski definition) is 4. The van der Waals surface area contributed by atoms with Crippen molar-refractivity contribution in [3.05, 3.63) is 35.5 Å². The number of likely N-dealkylation sites (N-methyl/N-ethyl adjacent to an activating group) is 1. The fraction of sp³-hybridized carbons (Fsp3) is 0.565. The molecule has 1 aliphatic heterocycles. The lowest BCUT2D eigenvalue weighted by Gasteiger charge is -2.44. The summed E-state index contributed by atoms with van der Waals surface area (Å²) in [5.74, 6) is -2.00. The number of benzene rings is 1. The number of aliphatic hydroxyl groups is 2. The number of aliphatic carboxylic acids is 2. The van der Waals surface area contributed by atoms with Gasteiger partial charge in [0.1, 0.15) is 0 Å². The molecule has 2 heterocycles. The highest BCUT2D eigenvalue weighted by Crippen LogP contribution is 2.44. The second-order valence-electron chi connectivity index (χ2n) is 8.81. The van der Waals surface area contributed by atoms with Gasteiger partial charge < -0.3 is 29.9 Å². The van der Waals surface area contributed by atoms with Crippen molar-refractivity contribution in [1.29, 1.82) is 0 Å². The van der Waals surface area contributed by atoms with Gasteiger partial charge in [0.25, 0.3) is 0 Å². The number of fused-ring (bicyclic) bond motifs is 2. The van der Waals surface area contributed by atoms with E-state index in [0.717, 1.165) is 18.4 Å². The number of hydrogen-bond acceptors (Lipinski definition) is 5. The van der Waals surface area contributed by atoms with Crippen LogP contribution in [0.1, 0.15) is 43.7 Å². The lowest BCUT2D eigenvalue weighted by atomic mass is 9.73. The highest BCUT2D eigenvalue weighted by molar-refractivity contribution is 5.89. The van der Waals surface area contributed by atoms with Crippen molar-refractivity contribution in [3.63, 3.8) is 0 Å². The SMILES string of the molecule is CCCn1cc2c3c(cccc31)[C@H]1C[C@@H](C)CN(C)[C@@H]1C2.O=C(O)[C@H](O)[C@@H](O)C(=O)O. The summed E-state index contributed by atoms with van der Waals surface area (Å²) in [6.07, 6.45) is 1.69. The van der Waals surface area contributed by atoms with Crippen LogP contribution in [0.5, 0.6) is 0 Å². The Morgan fingerprint density at radius 3 is 2.39 bits per heavy atom. The number of aliphatic hydroxyl groups excluding tert-OH is 2. The maximum Gasteiger partial charge on any atom is 0.335 e. The Balaban J connectivity index is 0.000000233. The topological polar surface area (TPSA) is 123 Å². The first kappa shape index (κ1) is 23.2. The van der Waals surface area contributed by atoms with Crippen LogP contribution in [0.3, 0.4) is 0 Å². The normalized spacial score (nSPS) is 24.6. The molecule has 170 valence electrons. The highest BCUT2D eigenvalue weighted by atomic mass is 16.4. The molecular weight excluding hydrogens is 400 g/mol. The Labute approximate surface area is 181 Å². The maximum absolute atomic E-state index is 9.77. The van der Waals surface area contributed by atoms with Gasteiger partial charge in [0.15, 0.2) is 12.2 Å². The Hall–Kier alpha value is -2.42. The Morgan fingerprint density at radius 2 is 1.81 bits per heavy atom. The first-order valence-corrected chi connectivity index (χ1v) is 10.8. The predicted octanol–water partition coefficient (Wildman–Crippen LogP) is 1.91. The number of piperidine rings is 1. The third kappa shape index (κ3) is 4.61. The van der Waals surface area contributed by atoms with Crippen LogP contribution in [0.2, 0.25) is 0 Å². The van der Waals surface area contributed by atoms with Crippen LogP contribution in [0, 0.1) is 5.92 Å². The zero-order valence-corrected chi connectivity index (χ0v) is 18.2. The van der Waals surface area contributed by atoms with E-state index >= 15 is 0 Å². The Bertz CT molecular complexity index is 937. The molecule has 2 aromatic rings. The standard InChI is InChI=1S/C19H26N2.C4H6O6/c1-4-8-21-12-14-10-18-16(9-13(2)11-20(18)3)15-6-5-7-17(21)19(14)15;5-1(3(7)8)2(6)4(9)10/h5-7,12-13,16,18H,4,8-11H2,1-3H3;1-2,5-6H,(H,7,8)(H,9,10)/t13-,16-,18-;1-,2-/m11/s1. The summed E-state index contributed by atoms with van der Waals surface area (Å²) < 4.78 is 2.48. The Morgan fingerprint density at radius 1 is 1.16 bits per heavy atom. The molecule has 1 aromatic heterocycles. The second kappa shape index (κ2) is 9.38. The number of likely N-dealkylation sites (tertiary alicyclic amines) is 1. The van der Waals surface area contributed by atoms with E-state index in [4.69, 9.17) is 20.4 Å². The minimum atomic E-state index is -2.27. The quantitative estimate of drug-likeness (QED) is 0.569. The van der Waals surface area contributed by atoms with E-state index in [0.29, 0.717) is 6.04 Å². The molecule has 0 spiro atoms. The van der Waals surface area contributed by atoms with Crippen LogP contribution in [0.25, 0.3) is 10.9 Å². The molecule has 0 unspecified atom stereocenters. The van der Waals surface area contributed by atoms with Gasteiger partial charge >= 0.3 is 11.9 Å². The average Bonchev–Trinajstić information content (AvgIpc) is 3.07. The molecule has 0 amide bonds. The molecule has 5 atom stereocenters. The van der Waals surface area contributed by atoms with Crippen LogP contribution in [0.4, 0.5) is 0 Å². The van der Waals surface area contributed by atoms with E-state index in [1.165, 1.54) is 31.3 Å². The van der Waals surface area contributed by atoms with E-state index in [1.807, 2.05) is 0 Å². The van der Waals surface area contributed by atoms with Crippen LogP contribution in [0.15, 0.2) is 24.4 Å². The molecule has 8 nitrogen and oxygen atoms in total. The average molecular weight is 433 g/mol. The van der Waals surface area contributed by atoms with Crippen LogP contribution in [-0.2, 0) is 22.6 Å². The fourth-order valence-electron chi connectivity index (χ4n) is 5.09. The van der Waals surface area contributed by atoms with E-state index in [2.05, 4.69) is 54.8 Å². The van der Waals surface area contributed by atoms with Gasteiger partial charge in [-0.2, -0.15) is 0 Å². The van der Waals surface area contributed by atoms with Gasteiger partial charge in [0, 0.05) is 42.1 Å². The minimum absolute atomic E-state index is 0.705. The van der Waals surface area contributed by atoms with Gasteiger partial charge in [0.05, 0.1) is 0 Å². The van der Waals surface area contributed by atoms with Crippen LogP contribution >= 0.6 is 0 Å². The van der Waals surface area contributed by atoms with Crippen molar-refractivity contribution in [2.24, 2.45) is 5.92 Å². The van der Waals surface area contributed by atoms with Gasteiger partial charge in [-0.15, -0.1) is 0 Å². The van der Waals surface area contributed by atoms with Crippen LogP contribution in [-0.4, -0.2) is 73.7 Å². The van der Waals surface area contributed by atoms with Crippen molar-refractivity contribution in [2.45, 2.75) is 63.8 Å². The zero-order valence-electron chi connectivity index (χ0n) is 18.2. The third-order valence-corrected chi connectivity index (χ3v) is 6.40. The fourth-order valence-corrected chi connectivity index (χ4v) is 5.09. The number of nitrogens with zero attached hydrogens (tertiary/aromatic N) is 2. The lowest BCUT2D eigenvalue weighted by molar-refractivity contribution is -0.165. The maximum atomic E-state index is 9.77. The summed E-state index contributed by atoms with van der Waals surface area (Å²) in [6, 6.07) is 7.69. The van der Waals surface area contributed by atoms with E-state index < -0.39 is 24.1 Å². The molecule has 1 aromatic carbocycles. The third-order valence-electron chi connectivity index (χ3n) is 6.40. The molecule has 31 heavy (non-hydrogen) atoms. The zero-order chi connectivity index (χ0) is 22.9. The first-order chi connectivity index (χ1) is 14.6. The molecule has 4 N–H and O–H groups in total. The number of rotatable bonds is 5. The number of aryl methyl sites for hydroxylation is 1. The number of carboxylic acids is 2. The molecule has 0 radical (unpaired) electrons. The number of aromatic nitrogens is 1.